The van der Waals surface area contributed by atoms with Crippen molar-refractivity contribution < 1.29 is 9.66 Å². The Morgan fingerprint density at radius 2 is 2.12 bits per heavy atom. The minimum absolute atomic E-state index is 0.0607. The standard InChI is InChI=1S/C10H10N2O3S/c13-12(14)8-2-4-9(5-3-8)15-10-11-6-1-7-16-10/h2-5H,1,6-7H2. The summed E-state index contributed by atoms with van der Waals surface area (Å²) in [6, 6.07) is 6.00. The van der Waals surface area contributed by atoms with Crippen LogP contribution >= 0.6 is 11.8 Å². The van der Waals surface area contributed by atoms with Crippen molar-refractivity contribution in [1.29, 1.82) is 0 Å². The summed E-state index contributed by atoms with van der Waals surface area (Å²) in [5, 5.41) is 11.1. The van der Waals surface area contributed by atoms with E-state index in [1.165, 1.54) is 12.1 Å². The van der Waals surface area contributed by atoms with Gasteiger partial charge >= 0.3 is 0 Å². The number of hydrogen-bond donors (Lipinski definition) is 0. The van der Waals surface area contributed by atoms with Gasteiger partial charge in [-0.25, -0.2) is 4.99 Å². The lowest BCUT2D eigenvalue weighted by molar-refractivity contribution is -0.384. The topological polar surface area (TPSA) is 64.7 Å². The Hall–Kier alpha value is -1.56. The molecule has 0 spiro atoms. The fourth-order valence-corrected chi connectivity index (χ4v) is 2.02. The lowest BCUT2D eigenvalue weighted by Crippen LogP contribution is -2.10. The molecule has 1 aromatic rings. The fourth-order valence-electron chi connectivity index (χ4n) is 1.24. The van der Waals surface area contributed by atoms with Crippen molar-refractivity contribution in [2.24, 2.45) is 4.99 Å². The van der Waals surface area contributed by atoms with Crippen molar-refractivity contribution >= 4 is 22.7 Å². The quantitative estimate of drug-likeness (QED) is 0.586. The largest absolute Gasteiger partial charge is 0.434 e. The van der Waals surface area contributed by atoms with Crippen LogP contribution in [0.5, 0.6) is 5.75 Å². The molecule has 1 aliphatic rings. The molecule has 0 bridgehead atoms. The van der Waals surface area contributed by atoms with Gasteiger partial charge in [0.2, 0.25) is 0 Å². The van der Waals surface area contributed by atoms with Crippen LogP contribution in [-0.2, 0) is 0 Å². The van der Waals surface area contributed by atoms with Gasteiger partial charge in [-0.15, -0.1) is 0 Å². The predicted molar refractivity (Wildman–Crippen MR) is 63.1 cm³/mol. The number of benzene rings is 1. The van der Waals surface area contributed by atoms with Crippen molar-refractivity contribution in [2.75, 3.05) is 12.3 Å². The van der Waals surface area contributed by atoms with E-state index >= 15 is 0 Å². The van der Waals surface area contributed by atoms with E-state index in [0.29, 0.717) is 11.0 Å². The molecule has 16 heavy (non-hydrogen) atoms. The minimum atomic E-state index is -0.434. The average Bonchev–Trinajstić information content (AvgIpc) is 2.31. The van der Waals surface area contributed by atoms with Gasteiger partial charge in [0, 0.05) is 24.4 Å². The zero-order chi connectivity index (χ0) is 11.4. The summed E-state index contributed by atoms with van der Waals surface area (Å²) in [5.74, 6) is 1.59. The van der Waals surface area contributed by atoms with E-state index in [-0.39, 0.29) is 5.69 Å². The third kappa shape index (κ3) is 2.73. The highest BCUT2D eigenvalue weighted by molar-refractivity contribution is 8.13. The molecule has 1 heterocycles. The van der Waals surface area contributed by atoms with Crippen LogP contribution in [-0.4, -0.2) is 22.5 Å². The van der Waals surface area contributed by atoms with Gasteiger partial charge < -0.3 is 4.74 Å². The molecule has 0 aliphatic carbocycles. The molecular weight excluding hydrogens is 228 g/mol. The van der Waals surface area contributed by atoms with E-state index in [2.05, 4.69) is 4.99 Å². The number of thioether (sulfide) groups is 1. The zero-order valence-corrected chi connectivity index (χ0v) is 9.27. The molecular formula is C10H10N2O3S. The number of nitrogens with zero attached hydrogens (tertiary/aromatic N) is 2. The van der Waals surface area contributed by atoms with Crippen LogP contribution in [0.1, 0.15) is 6.42 Å². The van der Waals surface area contributed by atoms with Crippen LogP contribution in [0, 0.1) is 10.1 Å². The molecule has 2 rings (SSSR count). The highest BCUT2D eigenvalue weighted by Gasteiger charge is 2.09. The van der Waals surface area contributed by atoms with E-state index in [9.17, 15) is 10.1 Å². The van der Waals surface area contributed by atoms with Crippen LogP contribution in [0.25, 0.3) is 0 Å². The number of non-ortho nitro benzene ring substituents is 1. The summed E-state index contributed by atoms with van der Waals surface area (Å²) in [4.78, 5) is 14.2. The van der Waals surface area contributed by atoms with E-state index < -0.39 is 4.92 Å². The Kier molecular flexibility index (Phi) is 3.40. The second-order valence-electron chi connectivity index (χ2n) is 3.20. The molecule has 1 aliphatic heterocycles. The van der Waals surface area contributed by atoms with Crippen LogP contribution in [0.15, 0.2) is 29.3 Å². The molecule has 0 saturated carbocycles. The number of ether oxygens (including phenoxy) is 1. The lowest BCUT2D eigenvalue weighted by atomic mass is 10.3. The van der Waals surface area contributed by atoms with Crippen molar-refractivity contribution in [3.63, 3.8) is 0 Å². The van der Waals surface area contributed by atoms with Gasteiger partial charge in [-0.05, 0) is 18.6 Å². The SMILES string of the molecule is O=[N+]([O-])c1ccc(OC2=NCCCS2)cc1. The van der Waals surface area contributed by atoms with Gasteiger partial charge in [0.05, 0.1) is 4.92 Å². The Morgan fingerprint density at radius 1 is 1.38 bits per heavy atom. The summed E-state index contributed by atoms with van der Waals surface area (Å²) in [6.07, 6.45) is 1.07. The van der Waals surface area contributed by atoms with Crippen LogP contribution < -0.4 is 4.74 Å². The zero-order valence-electron chi connectivity index (χ0n) is 8.46. The maximum Gasteiger partial charge on any atom is 0.269 e. The number of rotatable bonds is 2. The molecule has 0 N–H and O–H groups in total. The number of aliphatic imine (C=N–C) groups is 1. The molecule has 0 atom stereocenters. The minimum Gasteiger partial charge on any atom is -0.434 e. The first-order valence-corrected chi connectivity index (χ1v) is 5.84. The maximum absolute atomic E-state index is 10.4. The lowest BCUT2D eigenvalue weighted by Gasteiger charge is -2.11. The van der Waals surface area contributed by atoms with Gasteiger partial charge in [-0.1, -0.05) is 11.8 Å². The first kappa shape index (κ1) is 10.9. The van der Waals surface area contributed by atoms with Gasteiger partial charge in [0.15, 0.2) is 0 Å². The monoisotopic (exact) mass is 238 g/mol. The normalized spacial score (nSPS) is 15.4. The van der Waals surface area contributed by atoms with Gasteiger partial charge in [-0.3, -0.25) is 10.1 Å². The van der Waals surface area contributed by atoms with Crippen LogP contribution in [0.4, 0.5) is 5.69 Å². The first-order chi connectivity index (χ1) is 7.75. The second-order valence-corrected chi connectivity index (χ2v) is 4.25. The number of hydrogen-bond acceptors (Lipinski definition) is 5. The Bertz CT molecular complexity index is 417. The molecule has 0 aromatic heterocycles. The molecule has 6 heteroatoms. The maximum atomic E-state index is 10.4. The van der Waals surface area contributed by atoms with E-state index in [4.69, 9.17) is 4.74 Å². The van der Waals surface area contributed by atoms with E-state index in [0.717, 1.165) is 18.7 Å². The van der Waals surface area contributed by atoms with Gasteiger partial charge in [0.1, 0.15) is 5.75 Å². The van der Waals surface area contributed by atoms with E-state index in [1.807, 2.05) is 0 Å². The average molecular weight is 238 g/mol. The summed E-state index contributed by atoms with van der Waals surface area (Å²) in [5.41, 5.74) is 0.0607. The van der Waals surface area contributed by atoms with Crippen molar-refractivity contribution in [1.82, 2.24) is 0 Å². The smallest absolute Gasteiger partial charge is 0.269 e. The molecule has 0 unspecified atom stereocenters. The number of nitro groups is 1. The Balaban J connectivity index is 2.04. The molecule has 0 fully saturated rings. The third-order valence-corrected chi connectivity index (χ3v) is 2.97. The van der Waals surface area contributed by atoms with Crippen molar-refractivity contribution in [3.05, 3.63) is 34.4 Å². The summed E-state index contributed by atoms with van der Waals surface area (Å²) in [7, 11) is 0. The second kappa shape index (κ2) is 4.98. The molecule has 0 saturated heterocycles. The van der Waals surface area contributed by atoms with Gasteiger partial charge in [-0.2, -0.15) is 0 Å². The van der Waals surface area contributed by atoms with Crippen LogP contribution in [0.3, 0.4) is 0 Å². The molecule has 0 radical (unpaired) electrons. The summed E-state index contributed by atoms with van der Waals surface area (Å²) in [6.45, 7) is 0.787. The van der Waals surface area contributed by atoms with E-state index in [1.54, 1.807) is 23.9 Å². The summed E-state index contributed by atoms with van der Waals surface area (Å²) < 4.78 is 5.48. The Labute approximate surface area is 96.7 Å². The Morgan fingerprint density at radius 3 is 2.69 bits per heavy atom. The molecule has 84 valence electrons. The molecule has 1 aromatic carbocycles. The van der Waals surface area contributed by atoms with Crippen molar-refractivity contribution in [3.8, 4) is 5.75 Å². The fraction of sp³-hybridized carbons (Fsp3) is 0.300. The highest BCUT2D eigenvalue weighted by Crippen LogP contribution is 2.21. The van der Waals surface area contributed by atoms with Crippen LogP contribution in [0.2, 0.25) is 0 Å². The molecule has 5 nitrogen and oxygen atoms in total. The highest BCUT2D eigenvalue weighted by atomic mass is 32.2. The van der Waals surface area contributed by atoms with Crippen molar-refractivity contribution in [2.45, 2.75) is 6.42 Å². The summed E-state index contributed by atoms with van der Waals surface area (Å²) >= 11 is 1.56. The predicted octanol–water partition coefficient (Wildman–Crippen LogP) is 2.47. The third-order valence-electron chi connectivity index (χ3n) is 2.02. The molecule has 0 amide bonds. The first-order valence-electron chi connectivity index (χ1n) is 4.85. The van der Waals surface area contributed by atoms with Gasteiger partial charge in [0.25, 0.3) is 10.9 Å². The number of nitro benzene ring substituents is 1.